The number of nitrogens with zero attached hydrogens (tertiary/aromatic N) is 4. The van der Waals surface area contributed by atoms with Gasteiger partial charge in [0.05, 0.1) is 16.0 Å². The number of hydrogen-bond donors (Lipinski definition) is 0. The Hall–Kier alpha value is -2.67. The number of aromatic nitrogens is 2. The maximum Gasteiger partial charge on any atom is 0.249 e. The fourth-order valence-electron chi connectivity index (χ4n) is 5.07. The van der Waals surface area contributed by atoms with Crippen LogP contribution in [0, 0.1) is 5.82 Å². The number of hydrogen-bond acceptors (Lipinski definition) is 4. The number of rotatable bonds is 5. The van der Waals surface area contributed by atoms with E-state index >= 15 is 0 Å². The molecule has 5 nitrogen and oxygen atoms in total. The highest BCUT2D eigenvalue weighted by atomic mass is 32.2. The van der Waals surface area contributed by atoms with Crippen molar-refractivity contribution in [1.29, 1.82) is 0 Å². The molecule has 0 bridgehead atoms. The summed E-state index contributed by atoms with van der Waals surface area (Å²) >= 11 is 1.68. The second-order valence-electron chi connectivity index (χ2n) is 8.93. The third-order valence-electron chi connectivity index (χ3n) is 6.67. The van der Waals surface area contributed by atoms with Crippen molar-refractivity contribution in [2.45, 2.75) is 63.3 Å². The number of likely N-dealkylation sites (tertiary alicyclic amines) is 1. The maximum absolute atomic E-state index is 14.0. The van der Waals surface area contributed by atoms with Crippen LogP contribution >= 0.6 is 11.8 Å². The lowest BCUT2D eigenvalue weighted by atomic mass is 9.96. The second kappa shape index (κ2) is 9.29. The molecule has 3 aromatic rings. The van der Waals surface area contributed by atoms with Gasteiger partial charge in [-0.15, -0.1) is 11.8 Å². The molecule has 2 aromatic heterocycles. The fourth-order valence-corrected chi connectivity index (χ4v) is 6.22. The van der Waals surface area contributed by atoms with Gasteiger partial charge in [-0.25, -0.2) is 9.37 Å². The summed E-state index contributed by atoms with van der Waals surface area (Å²) < 4.78 is 15.8. The topological polar surface area (TPSA) is 50.0 Å². The quantitative estimate of drug-likeness (QED) is 0.519. The smallest absolute Gasteiger partial charge is 0.249 e. The van der Waals surface area contributed by atoms with Crippen LogP contribution < -0.4 is 0 Å². The molecule has 5 rings (SSSR count). The third kappa shape index (κ3) is 4.43. The largest absolute Gasteiger partial charge is 0.337 e. The first-order valence-electron chi connectivity index (χ1n) is 11.8. The van der Waals surface area contributed by atoms with Gasteiger partial charge in [0.1, 0.15) is 17.5 Å². The number of pyridine rings is 1. The predicted octanol–water partition coefficient (Wildman–Crippen LogP) is 5.23. The summed E-state index contributed by atoms with van der Waals surface area (Å²) in [7, 11) is 0. The van der Waals surface area contributed by atoms with E-state index in [4.69, 9.17) is 9.98 Å². The second-order valence-corrected chi connectivity index (χ2v) is 10.3. The molecule has 4 heterocycles. The molecular weight excluding hydrogens is 435 g/mol. The molecule has 2 aliphatic rings. The van der Waals surface area contributed by atoms with Crippen molar-refractivity contribution in [3.05, 3.63) is 71.4 Å². The number of thioether (sulfide) groups is 1. The van der Waals surface area contributed by atoms with Crippen molar-refractivity contribution >= 4 is 28.4 Å². The van der Waals surface area contributed by atoms with Crippen molar-refractivity contribution in [3.63, 3.8) is 0 Å². The third-order valence-corrected chi connectivity index (χ3v) is 7.90. The minimum atomic E-state index is -0.389. The van der Waals surface area contributed by atoms with Crippen LogP contribution in [-0.4, -0.2) is 43.9 Å². The lowest BCUT2D eigenvalue weighted by molar-refractivity contribution is -0.136. The number of imidazole rings is 1. The molecule has 172 valence electrons. The van der Waals surface area contributed by atoms with E-state index in [1.54, 1.807) is 22.2 Å². The van der Waals surface area contributed by atoms with E-state index in [1.807, 2.05) is 43.1 Å². The predicted molar refractivity (Wildman–Crippen MR) is 131 cm³/mol. The Kier molecular flexibility index (Phi) is 6.23. The summed E-state index contributed by atoms with van der Waals surface area (Å²) in [6, 6.07) is 11.5. The Morgan fingerprint density at radius 3 is 2.82 bits per heavy atom. The molecule has 2 aliphatic heterocycles. The van der Waals surface area contributed by atoms with Crippen molar-refractivity contribution in [2.24, 2.45) is 4.99 Å². The molecule has 33 heavy (non-hydrogen) atoms. The molecule has 0 spiro atoms. The molecule has 7 heteroatoms. The molecule has 1 amide bonds. The van der Waals surface area contributed by atoms with Gasteiger partial charge in [-0.05, 0) is 49.8 Å². The number of carbonyl (C=O) groups is 1. The van der Waals surface area contributed by atoms with Gasteiger partial charge in [0.25, 0.3) is 0 Å². The van der Waals surface area contributed by atoms with E-state index in [1.165, 1.54) is 6.20 Å². The SMILES string of the molecule is CCc1cc(F)cn2cc(C[C@@H]3CCCCN3C(=O)C3N=C(C)SC3c3ccccc3)nc12. The van der Waals surface area contributed by atoms with Crippen LogP contribution in [0.25, 0.3) is 5.65 Å². The molecule has 0 radical (unpaired) electrons. The lowest BCUT2D eigenvalue weighted by Gasteiger charge is -2.37. The molecule has 0 N–H and O–H groups in total. The summed E-state index contributed by atoms with van der Waals surface area (Å²) in [5.41, 5.74) is 3.75. The van der Waals surface area contributed by atoms with Crippen LogP contribution in [0.15, 0.2) is 53.8 Å². The van der Waals surface area contributed by atoms with Gasteiger partial charge < -0.3 is 9.30 Å². The standard InChI is InChI=1S/C26H29FN4OS/c1-3-18-13-20(27)15-30-16-21(29-25(18)30)14-22-11-7-8-12-31(22)26(32)23-24(33-17(2)28-23)19-9-5-4-6-10-19/h4-6,9-10,13,15-16,22-24H,3,7-8,11-12,14H2,1-2H3/t22-,23?,24?/m0/s1. The summed E-state index contributed by atoms with van der Waals surface area (Å²) in [5, 5.41) is 0.983. The summed E-state index contributed by atoms with van der Waals surface area (Å²) in [6.07, 6.45) is 7.85. The van der Waals surface area contributed by atoms with E-state index in [9.17, 15) is 9.18 Å². The van der Waals surface area contributed by atoms with Gasteiger partial charge in [-0.2, -0.15) is 0 Å². The average molecular weight is 465 g/mol. The number of halogens is 1. The van der Waals surface area contributed by atoms with Crippen molar-refractivity contribution in [1.82, 2.24) is 14.3 Å². The van der Waals surface area contributed by atoms with E-state index in [-0.39, 0.29) is 29.1 Å². The molecule has 1 aromatic carbocycles. The number of carbonyl (C=O) groups excluding carboxylic acids is 1. The first kappa shape index (κ1) is 22.1. The lowest BCUT2D eigenvalue weighted by Crippen LogP contribution is -2.49. The zero-order valence-electron chi connectivity index (χ0n) is 19.1. The summed E-state index contributed by atoms with van der Waals surface area (Å²) in [4.78, 5) is 25.4. The first-order valence-corrected chi connectivity index (χ1v) is 12.6. The van der Waals surface area contributed by atoms with Crippen molar-refractivity contribution < 1.29 is 9.18 Å². The van der Waals surface area contributed by atoms with E-state index in [0.29, 0.717) is 6.42 Å². The van der Waals surface area contributed by atoms with Crippen molar-refractivity contribution in [3.8, 4) is 0 Å². The van der Waals surface area contributed by atoms with Gasteiger partial charge in [-0.1, -0.05) is 37.3 Å². The number of amides is 1. The van der Waals surface area contributed by atoms with E-state index in [0.717, 1.165) is 59.7 Å². The minimum absolute atomic E-state index is 0.0200. The van der Waals surface area contributed by atoms with Crippen LogP contribution in [0.1, 0.15) is 55.2 Å². The highest BCUT2D eigenvalue weighted by Gasteiger charge is 2.40. The maximum atomic E-state index is 14.0. The summed E-state index contributed by atoms with van der Waals surface area (Å²) in [5.74, 6) is -0.140. The van der Waals surface area contributed by atoms with Gasteiger partial charge in [0.15, 0.2) is 0 Å². The minimum Gasteiger partial charge on any atom is -0.337 e. The van der Waals surface area contributed by atoms with Crippen LogP contribution in [0.3, 0.4) is 0 Å². The molecule has 0 aliphatic carbocycles. The number of piperidine rings is 1. The number of benzene rings is 1. The Morgan fingerprint density at radius 2 is 2.03 bits per heavy atom. The van der Waals surface area contributed by atoms with Crippen LogP contribution in [0.5, 0.6) is 0 Å². The van der Waals surface area contributed by atoms with E-state index < -0.39 is 0 Å². The zero-order chi connectivity index (χ0) is 22.9. The highest BCUT2D eigenvalue weighted by molar-refractivity contribution is 8.14. The Labute approximate surface area is 198 Å². The highest BCUT2D eigenvalue weighted by Crippen LogP contribution is 2.41. The van der Waals surface area contributed by atoms with Crippen LogP contribution in [0.2, 0.25) is 0 Å². The molecule has 1 saturated heterocycles. The van der Waals surface area contributed by atoms with Gasteiger partial charge >= 0.3 is 0 Å². The van der Waals surface area contributed by atoms with Crippen LogP contribution in [-0.2, 0) is 17.6 Å². The average Bonchev–Trinajstić information content (AvgIpc) is 3.42. The zero-order valence-corrected chi connectivity index (χ0v) is 19.9. The first-order chi connectivity index (χ1) is 16.0. The van der Waals surface area contributed by atoms with Gasteiger partial charge in [-0.3, -0.25) is 9.79 Å². The Bertz CT molecular complexity index is 1190. The molecule has 3 atom stereocenters. The monoisotopic (exact) mass is 464 g/mol. The molecule has 0 saturated carbocycles. The van der Waals surface area contributed by atoms with Crippen LogP contribution in [0.4, 0.5) is 4.39 Å². The molecule has 1 fully saturated rings. The van der Waals surface area contributed by atoms with Gasteiger partial charge in [0, 0.05) is 31.4 Å². The molecule has 2 unspecified atom stereocenters. The van der Waals surface area contributed by atoms with Crippen molar-refractivity contribution in [2.75, 3.05) is 6.54 Å². The fraction of sp³-hybridized carbons (Fsp3) is 0.423. The Balaban J connectivity index is 1.40. The number of aryl methyl sites for hydroxylation is 1. The van der Waals surface area contributed by atoms with E-state index in [2.05, 4.69) is 12.1 Å². The molecular formula is C26H29FN4OS. The summed E-state index contributed by atoms with van der Waals surface area (Å²) in [6.45, 7) is 4.75. The number of aliphatic imine (C=N–C) groups is 1. The Morgan fingerprint density at radius 1 is 1.21 bits per heavy atom. The van der Waals surface area contributed by atoms with Gasteiger partial charge in [0.2, 0.25) is 5.91 Å². The number of fused-ring (bicyclic) bond motifs is 1. The normalized spacial score (nSPS) is 23.2.